The Morgan fingerprint density at radius 1 is 1.32 bits per heavy atom. The fourth-order valence-corrected chi connectivity index (χ4v) is 2.16. The third-order valence-corrected chi connectivity index (χ3v) is 3.32. The molecule has 0 aliphatic carbocycles. The lowest BCUT2D eigenvalue weighted by Crippen LogP contribution is -2.18. The standard InChI is InChI=1S/C14H16BrNO3/c1-9-3-5-13(18-9)14(8-16)19-12-6-4-10(17-2)7-11(12)15/h3-7,14H,8,16H2,1-2H3. The van der Waals surface area contributed by atoms with Crippen LogP contribution in [0.5, 0.6) is 11.5 Å². The molecule has 0 bridgehead atoms. The van der Waals surface area contributed by atoms with Crippen molar-refractivity contribution in [3.05, 3.63) is 46.3 Å². The van der Waals surface area contributed by atoms with Crippen LogP contribution in [0.4, 0.5) is 0 Å². The van der Waals surface area contributed by atoms with E-state index < -0.39 is 0 Å². The first-order valence-corrected chi connectivity index (χ1v) is 6.70. The van der Waals surface area contributed by atoms with Crippen molar-refractivity contribution in [1.29, 1.82) is 0 Å². The molecule has 4 nitrogen and oxygen atoms in total. The summed E-state index contributed by atoms with van der Waals surface area (Å²) >= 11 is 3.45. The van der Waals surface area contributed by atoms with Crippen molar-refractivity contribution in [3.8, 4) is 11.5 Å². The molecule has 1 heterocycles. The van der Waals surface area contributed by atoms with Crippen LogP contribution in [0.2, 0.25) is 0 Å². The molecular formula is C14H16BrNO3. The van der Waals surface area contributed by atoms with Crippen molar-refractivity contribution >= 4 is 15.9 Å². The number of aryl methyl sites for hydroxylation is 1. The zero-order valence-electron chi connectivity index (χ0n) is 10.9. The average molecular weight is 326 g/mol. The minimum absolute atomic E-state index is 0.307. The first kappa shape index (κ1) is 14.0. The molecule has 0 radical (unpaired) electrons. The molecule has 2 aromatic rings. The normalized spacial score (nSPS) is 12.2. The van der Waals surface area contributed by atoms with Crippen LogP contribution in [-0.2, 0) is 0 Å². The van der Waals surface area contributed by atoms with Crippen LogP contribution in [0.25, 0.3) is 0 Å². The number of furan rings is 1. The number of rotatable bonds is 5. The molecule has 1 unspecified atom stereocenters. The predicted molar refractivity (Wildman–Crippen MR) is 76.6 cm³/mol. The number of methoxy groups -OCH3 is 1. The SMILES string of the molecule is COc1ccc(OC(CN)c2ccc(C)o2)c(Br)c1. The Morgan fingerprint density at radius 3 is 2.63 bits per heavy atom. The second kappa shape index (κ2) is 6.12. The maximum Gasteiger partial charge on any atom is 0.168 e. The van der Waals surface area contributed by atoms with E-state index in [0.29, 0.717) is 12.3 Å². The van der Waals surface area contributed by atoms with Crippen molar-refractivity contribution in [3.63, 3.8) is 0 Å². The Labute approximate surface area is 120 Å². The fraction of sp³-hybridized carbons (Fsp3) is 0.286. The van der Waals surface area contributed by atoms with Gasteiger partial charge in [0.25, 0.3) is 0 Å². The van der Waals surface area contributed by atoms with E-state index in [0.717, 1.165) is 21.7 Å². The van der Waals surface area contributed by atoms with E-state index in [4.69, 9.17) is 19.6 Å². The van der Waals surface area contributed by atoms with Crippen LogP contribution in [-0.4, -0.2) is 13.7 Å². The third kappa shape index (κ3) is 3.30. The molecule has 0 amide bonds. The van der Waals surface area contributed by atoms with Gasteiger partial charge in [0.05, 0.1) is 11.6 Å². The predicted octanol–water partition coefficient (Wildman–Crippen LogP) is 3.44. The maximum atomic E-state index is 5.87. The summed E-state index contributed by atoms with van der Waals surface area (Å²) in [6.07, 6.45) is -0.307. The highest BCUT2D eigenvalue weighted by Gasteiger charge is 2.17. The van der Waals surface area contributed by atoms with Crippen molar-refractivity contribution in [2.45, 2.75) is 13.0 Å². The minimum Gasteiger partial charge on any atom is -0.497 e. The van der Waals surface area contributed by atoms with Gasteiger partial charge in [-0.1, -0.05) is 0 Å². The van der Waals surface area contributed by atoms with Crippen molar-refractivity contribution < 1.29 is 13.9 Å². The quantitative estimate of drug-likeness (QED) is 0.914. The third-order valence-electron chi connectivity index (χ3n) is 2.70. The molecule has 1 aromatic carbocycles. The number of hydrogen-bond donors (Lipinski definition) is 1. The van der Waals surface area contributed by atoms with Gasteiger partial charge in [0.2, 0.25) is 0 Å². The number of halogens is 1. The van der Waals surface area contributed by atoms with E-state index in [9.17, 15) is 0 Å². The molecule has 5 heteroatoms. The highest BCUT2D eigenvalue weighted by atomic mass is 79.9. The lowest BCUT2D eigenvalue weighted by Gasteiger charge is -2.16. The summed E-state index contributed by atoms with van der Waals surface area (Å²) in [6, 6.07) is 9.29. The molecule has 0 fully saturated rings. The van der Waals surface area contributed by atoms with Gasteiger partial charge in [-0.2, -0.15) is 0 Å². The minimum atomic E-state index is -0.307. The van der Waals surface area contributed by atoms with Crippen LogP contribution >= 0.6 is 15.9 Å². The smallest absolute Gasteiger partial charge is 0.168 e. The molecule has 19 heavy (non-hydrogen) atoms. The van der Waals surface area contributed by atoms with E-state index in [1.54, 1.807) is 7.11 Å². The zero-order chi connectivity index (χ0) is 13.8. The number of benzene rings is 1. The Hall–Kier alpha value is -1.46. The molecule has 0 saturated carbocycles. The molecule has 2 N–H and O–H groups in total. The molecule has 1 aromatic heterocycles. The van der Waals surface area contributed by atoms with E-state index in [1.165, 1.54) is 0 Å². The lowest BCUT2D eigenvalue weighted by molar-refractivity contribution is 0.181. The molecule has 0 saturated heterocycles. The number of ether oxygens (including phenoxy) is 2. The van der Waals surface area contributed by atoms with Gasteiger partial charge in [0.1, 0.15) is 23.0 Å². The van der Waals surface area contributed by atoms with Gasteiger partial charge in [-0.3, -0.25) is 0 Å². The van der Waals surface area contributed by atoms with Gasteiger partial charge in [0.15, 0.2) is 6.10 Å². The van der Waals surface area contributed by atoms with Crippen LogP contribution in [0.1, 0.15) is 17.6 Å². The topological polar surface area (TPSA) is 57.6 Å². The molecular weight excluding hydrogens is 310 g/mol. The molecule has 0 spiro atoms. The van der Waals surface area contributed by atoms with Crippen molar-refractivity contribution in [2.75, 3.05) is 13.7 Å². The number of nitrogens with two attached hydrogens (primary N) is 1. The van der Waals surface area contributed by atoms with E-state index in [2.05, 4.69) is 15.9 Å². The largest absolute Gasteiger partial charge is 0.497 e. The summed E-state index contributed by atoms with van der Waals surface area (Å²) in [6.45, 7) is 2.23. The van der Waals surface area contributed by atoms with Gasteiger partial charge in [-0.05, 0) is 53.2 Å². The van der Waals surface area contributed by atoms with Crippen LogP contribution in [0.15, 0.2) is 39.2 Å². The summed E-state index contributed by atoms with van der Waals surface area (Å²) in [4.78, 5) is 0. The molecule has 1 atom stereocenters. The Kier molecular flexibility index (Phi) is 4.50. The van der Waals surface area contributed by atoms with E-state index in [-0.39, 0.29) is 6.10 Å². The zero-order valence-corrected chi connectivity index (χ0v) is 12.4. The monoisotopic (exact) mass is 325 g/mol. The van der Waals surface area contributed by atoms with Gasteiger partial charge in [0, 0.05) is 6.54 Å². The van der Waals surface area contributed by atoms with Crippen LogP contribution in [0, 0.1) is 6.92 Å². The van der Waals surface area contributed by atoms with Gasteiger partial charge in [-0.25, -0.2) is 0 Å². The Bertz CT molecular complexity index is 553. The number of hydrogen-bond acceptors (Lipinski definition) is 4. The highest BCUT2D eigenvalue weighted by Crippen LogP contribution is 2.32. The van der Waals surface area contributed by atoms with Gasteiger partial charge in [-0.15, -0.1) is 0 Å². The van der Waals surface area contributed by atoms with E-state index >= 15 is 0 Å². The van der Waals surface area contributed by atoms with E-state index in [1.807, 2.05) is 37.3 Å². The molecule has 0 aliphatic rings. The van der Waals surface area contributed by atoms with Gasteiger partial charge >= 0.3 is 0 Å². The average Bonchev–Trinajstić information content (AvgIpc) is 2.83. The van der Waals surface area contributed by atoms with Crippen molar-refractivity contribution in [1.82, 2.24) is 0 Å². The first-order chi connectivity index (χ1) is 9.13. The lowest BCUT2D eigenvalue weighted by atomic mass is 10.2. The summed E-state index contributed by atoms with van der Waals surface area (Å²) < 4.78 is 17.4. The summed E-state index contributed by atoms with van der Waals surface area (Å²) in [5.41, 5.74) is 5.74. The summed E-state index contributed by atoms with van der Waals surface area (Å²) in [7, 11) is 1.62. The highest BCUT2D eigenvalue weighted by molar-refractivity contribution is 9.10. The van der Waals surface area contributed by atoms with Gasteiger partial charge < -0.3 is 19.6 Å². The second-order valence-electron chi connectivity index (χ2n) is 4.09. The maximum absolute atomic E-state index is 5.87. The van der Waals surface area contributed by atoms with Crippen molar-refractivity contribution in [2.24, 2.45) is 5.73 Å². The van der Waals surface area contributed by atoms with Crippen LogP contribution in [0.3, 0.4) is 0 Å². The Morgan fingerprint density at radius 2 is 2.11 bits per heavy atom. The van der Waals surface area contributed by atoms with Crippen LogP contribution < -0.4 is 15.2 Å². The summed E-state index contributed by atoms with van der Waals surface area (Å²) in [5.74, 6) is 3.02. The first-order valence-electron chi connectivity index (χ1n) is 5.90. The molecule has 102 valence electrons. The molecule has 0 aliphatic heterocycles. The fourth-order valence-electron chi connectivity index (χ4n) is 1.71. The summed E-state index contributed by atoms with van der Waals surface area (Å²) in [5, 5.41) is 0. The second-order valence-corrected chi connectivity index (χ2v) is 4.94. The Balaban J connectivity index is 2.19. The molecule has 2 rings (SSSR count).